The predicted octanol–water partition coefficient (Wildman–Crippen LogP) is 3.36. The maximum atomic E-state index is 12.3. The summed E-state index contributed by atoms with van der Waals surface area (Å²) in [5, 5.41) is 0. The smallest absolute Gasteiger partial charge is 0.152 e. The molecule has 0 rings (SSSR count). The molecule has 0 amide bonds. The Kier molecular flexibility index (Phi) is 6.89. The lowest BCUT2D eigenvalue weighted by Crippen LogP contribution is -2.49. The number of Topliss-reactive ketones (excluding diaryl/α,β-unsaturated/α-hetero) is 1. The lowest BCUT2D eigenvalue weighted by Gasteiger charge is -2.37. The molecule has 0 spiro atoms. The monoisotopic (exact) mass is 227 g/mol. The second-order valence-corrected chi connectivity index (χ2v) is 5.58. The summed E-state index contributed by atoms with van der Waals surface area (Å²) in [6.07, 6.45) is 1.10. The molecule has 0 aromatic carbocycles. The van der Waals surface area contributed by atoms with Gasteiger partial charge in [-0.1, -0.05) is 34.6 Å². The van der Waals surface area contributed by atoms with Gasteiger partial charge in [0.25, 0.3) is 0 Å². The summed E-state index contributed by atoms with van der Waals surface area (Å²) < 4.78 is 0. The Hall–Kier alpha value is -0.370. The number of ketones is 1. The number of carbonyl (C=O) groups is 1. The second kappa shape index (κ2) is 7.05. The van der Waals surface area contributed by atoms with Crippen LogP contribution in [0.3, 0.4) is 0 Å². The highest BCUT2D eigenvalue weighted by molar-refractivity contribution is 5.86. The van der Waals surface area contributed by atoms with Crippen molar-refractivity contribution in [3.05, 3.63) is 0 Å². The molecule has 0 saturated heterocycles. The summed E-state index contributed by atoms with van der Waals surface area (Å²) in [7, 11) is 0. The number of carbonyl (C=O) groups excluding carboxylic acids is 1. The van der Waals surface area contributed by atoms with E-state index < -0.39 is 0 Å². The Bertz CT molecular complexity index is 209. The van der Waals surface area contributed by atoms with Gasteiger partial charge in [0.2, 0.25) is 0 Å². The van der Waals surface area contributed by atoms with Gasteiger partial charge in [0.05, 0.1) is 6.04 Å². The Morgan fingerprint density at radius 3 is 1.81 bits per heavy atom. The minimum atomic E-state index is 0.0833. The van der Waals surface area contributed by atoms with Crippen molar-refractivity contribution in [2.75, 3.05) is 6.54 Å². The van der Waals surface area contributed by atoms with E-state index in [0.29, 0.717) is 17.7 Å². The summed E-state index contributed by atoms with van der Waals surface area (Å²) in [6.45, 7) is 15.8. The van der Waals surface area contributed by atoms with Crippen molar-refractivity contribution in [3.8, 4) is 0 Å². The van der Waals surface area contributed by atoms with Gasteiger partial charge < -0.3 is 0 Å². The van der Waals surface area contributed by atoms with E-state index in [0.717, 1.165) is 13.0 Å². The van der Waals surface area contributed by atoms with Gasteiger partial charge in [-0.15, -0.1) is 0 Å². The van der Waals surface area contributed by atoms with Gasteiger partial charge in [0, 0.05) is 12.0 Å². The Morgan fingerprint density at radius 1 is 1.06 bits per heavy atom. The molecule has 1 atom stereocenters. The van der Waals surface area contributed by atoms with Crippen molar-refractivity contribution in [3.63, 3.8) is 0 Å². The zero-order valence-electron chi connectivity index (χ0n) is 12.1. The fourth-order valence-electron chi connectivity index (χ4n) is 2.19. The van der Waals surface area contributed by atoms with Crippen LogP contribution in [0.1, 0.15) is 54.9 Å². The molecule has 0 aromatic rings. The fraction of sp³-hybridized carbons (Fsp3) is 0.929. The van der Waals surface area contributed by atoms with Gasteiger partial charge >= 0.3 is 0 Å². The topological polar surface area (TPSA) is 20.3 Å². The van der Waals surface area contributed by atoms with Crippen LogP contribution < -0.4 is 0 Å². The molecule has 0 aliphatic heterocycles. The number of hydrogen-bond acceptors (Lipinski definition) is 2. The normalized spacial score (nSPS) is 14.2. The van der Waals surface area contributed by atoms with Crippen LogP contribution in [0.25, 0.3) is 0 Å². The summed E-state index contributed by atoms with van der Waals surface area (Å²) in [6, 6.07) is 0.523. The number of hydrogen-bond donors (Lipinski definition) is 0. The van der Waals surface area contributed by atoms with E-state index in [2.05, 4.69) is 39.5 Å². The molecule has 0 fully saturated rings. The first kappa shape index (κ1) is 15.6. The van der Waals surface area contributed by atoms with E-state index in [-0.39, 0.29) is 12.0 Å². The van der Waals surface area contributed by atoms with Crippen LogP contribution in [0.15, 0.2) is 0 Å². The number of rotatable bonds is 7. The fourth-order valence-corrected chi connectivity index (χ4v) is 2.19. The van der Waals surface area contributed by atoms with Crippen molar-refractivity contribution >= 4 is 5.78 Å². The molecule has 0 aliphatic carbocycles. The summed E-state index contributed by atoms with van der Waals surface area (Å²) in [5.74, 6) is 0.909. The Labute approximate surface area is 101 Å². The van der Waals surface area contributed by atoms with E-state index in [4.69, 9.17) is 0 Å². The molecule has 0 bridgehead atoms. The van der Waals surface area contributed by atoms with Crippen LogP contribution in [0, 0.1) is 11.8 Å². The first-order chi connectivity index (χ1) is 7.32. The first-order valence-corrected chi connectivity index (χ1v) is 6.62. The average molecular weight is 227 g/mol. The van der Waals surface area contributed by atoms with Crippen LogP contribution in [-0.2, 0) is 4.79 Å². The highest BCUT2D eigenvalue weighted by atomic mass is 16.1. The molecule has 0 aliphatic rings. The average Bonchev–Trinajstić information content (AvgIpc) is 2.15. The molecule has 0 radical (unpaired) electrons. The van der Waals surface area contributed by atoms with E-state index in [9.17, 15) is 4.79 Å². The summed E-state index contributed by atoms with van der Waals surface area (Å²) in [5.41, 5.74) is 0. The van der Waals surface area contributed by atoms with Gasteiger partial charge in [-0.3, -0.25) is 9.69 Å². The number of nitrogens with zero attached hydrogens (tertiary/aromatic N) is 1. The predicted molar refractivity (Wildman–Crippen MR) is 70.6 cm³/mol. The second-order valence-electron chi connectivity index (χ2n) is 5.58. The van der Waals surface area contributed by atoms with E-state index >= 15 is 0 Å². The third kappa shape index (κ3) is 4.25. The molecule has 2 nitrogen and oxygen atoms in total. The van der Waals surface area contributed by atoms with Crippen LogP contribution in [-0.4, -0.2) is 29.3 Å². The van der Waals surface area contributed by atoms with Gasteiger partial charge in [0.15, 0.2) is 5.78 Å². The van der Waals surface area contributed by atoms with E-state index in [1.54, 1.807) is 0 Å². The van der Waals surface area contributed by atoms with Crippen LogP contribution >= 0.6 is 0 Å². The standard InChI is InChI=1S/C14H29NO/c1-8-9-15(12(6)7)13(10(2)3)14(16)11(4)5/h10-13H,8-9H2,1-7H3. The molecule has 1 unspecified atom stereocenters. The molecule has 16 heavy (non-hydrogen) atoms. The summed E-state index contributed by atoms with van der Waals surface area (Å²) >= 11 is 0. The lowest BCUT2D eigenvalue weighted by molar-refractivity contribution is -0.129. The minimum Gasteiger partial charge on any atom is -0.298 e. The molecule has 96 valence electrons. The van der Waals surface area contributed by atoms with E-state index in [1.807, 2.05) is 13.8 Å². The van der Waals surface area contributed by atoms with Gasteiger partial charge in [-0.2, -0.15) is 0 Å². The molecule has 0 heterocycles. The maximum Gasteiger partial charge on any atom is 0.152 e. The largest absolute Gasteiger partial charge is 0.298 e. The lowest BCUT2D eigenvalue weighted by atomic mass is 9.90. The highest BCUT2D eigenvalue weighted by Crippen LogP contribution is 2.19. The van der Waals surface area contributed by atoms with Crippen molar-refractivity contribution < 1.29 is 4.79 Å². The van der Waals surface area contributed by atoms with E-state index in [1.165, 1.54) is 0 Å². The maximum absolute atomic E-state index is 12.3. The first-order valence-electron chi connectivity index (χ1n) is 6.62. The Morgan fingerprint density at radius 2 is 1.56 bits per heavy atom. The SMILES string of the molecule is CCCN(C(C)C)C(C(=O)C(C)C)C(C)C. The van der Waals surface area contributed by atoms with Crippen molar-refractivity contribution in [2.24, 2.45) is 11.8 Å². The van der Waals surface area contributed by atoms with Crippen molar-refractivity contribution in [1.82, 2.24) is 4.90 Å². The van der Waals surface area contributed by atoms with Crippen LogP contribution in [0.5, 0.6) is 0 Å². The quantitative estimate of drug-likeness (QED) is 0.664. The third-order valence-electron chi connectivity index (χ3n) is 2.99. The van der Waals surface area contributed by atoms with Crippen LogP contribution in [0.4, 0.5) is 0 Å². The van der Waals surface area contributed by atoms with Gasteiger partial charge in [-0.05, 0) is 32.7 Å². The highest BCUT2D eigenvalue weighted by Gasteiger charge is 2.31. The summed E-state index contributed by atoms with van der Waals surface area (Å²) in [4.78, 5) is 14.6. The van der Waals surface area contributed by atoms with Crippen LogP contribution in [0.2, 0.25) is 0 Å². The molecule has 2 heteroatoms. The van der Waals surface area contributed by atoms with Gasteiger partial charge in [0.1, 0.15) is 0 Å². The molecular weight excluding hydrogens is 198 g/mol. The zero-order valence-corrected chi connectivity index (χ0v) is 12.1. The zero-order chi connectivity index (χ0) is 12.9. The van der Waals surface area contributed by atoms with Crippen molar-refractivity contribution in [2.45, 2.75) is 67.0 Å². The third-order valence-corrected chi connectivity index (χ3v) is 2.99. The minimum absolute atomic E-state index is 0.0833. The van der Waals surface area contributed by atoms with Crippen molar-refractivity contribution in [1.29, 1.82) is 0 Å². The molecular formula is C14H29NO. The molecule has 0 aromatic heterocycles. The molecule has 0 N–H and O–H groups in total. The molecule has 0 saturated carbocycles. The Balaban J connectivity index is 4.91. The van der Waals surface area contributed by atoms with Gasteiger partial charge in [-0.25, -0.2) is 0 Å².